The van der Waals surface area contributed by atoms with Gasteiger partial charge in [-0.1, -0.05) is 11.5 Å². The van der Waals surface area contributed by atoms with Crippen LogP contribution in [0.2, 0.25) is 0 Å². The minimum atomic E-state index is -0.634. The van der Waals surface area contributed by atoms with Gasteiger partial charge < -0.3 is 26.0 Å². The normalized spacial score (nSPS) is 22.9. The standard InChI is InChI=1S/C19H26N5O2S/c25-17(18-23-7-8-27-18)22-6-5-21-16-11-24(12-16)19(26)14-1-2-15-10-20-4-3-13(15)9-14/h1-2,7-9,16-18,20-22,25H,3-6,10-12H2/q-1. The molecular formula is C19H26N5O2S-. The van der Waals surface area contributed by atoms with Crippen molar-refractivity contribution in [2.45, 2.75) is 30.6 Å². The largest absolute Gasteiger partial charge is 0.676 e. The fourth-order valence-corrected chi connectivity index (χ4v) is 4.28. The van der Waals surface area contributed by atoms with Crippen LogP contribution in [0.25, 0.3) is 5.32 Å². The summed E-state index contributed by atoms with van der Waals surface area (Å²) in [7, 11) is 0. The van der Waals surface area contributed by atoms with Gasteiger partial charge in [0.15, 0.2) is 0 Å². The molecule has 27 heavy (non-hydrogen) atoms. The minimum Gasteiger partial charge on any atom is -0.676 e. The average molecular weight is 389 g/mol. The van der Waals surface area contributed by atoms with Crippen molar-refractivity contribution in [2.75, 3.05) is 32.7 Å². The van der Waals surface area contributed by atoms with Crippen molar-refractivity contribution in [3.8, 4) is 0 Å². The van der Waals surface area contributed by atoms with E-state index in [4.69, 9.17) is 0 Å². The third-order valence-corrected chi connectivity index (χ3v) is 6.14. The highest BCUT2D eigenvalue weighted by atomic mass is 32.2. The number of aliphatic hydroxyl groups is 1. The predicted molar refractivity (Wildman–Crippen MR) is 107 cm³/mol. The third-order valence-electron chi connectivity index (χ3n) is 5.20. The molecule has 146 valence electrons. The van der Waals surface area contributed by atoms with E-state index in [0.29, 0.717) is 12.6 Å². The third kappa shape index (κ3) is 4.47. The van der Waals surface area contributed by atoms with Crippen molar-refractivity contribution in [3.05, 3.63) is 51.8 Å². The molecular weight excluding hydrogens is 362 g/mol. The quantitative estimate of drug-likeness (QED) is 0.403. The SMILES string of the molecule is O=C(c1ccc2c(c1)CCNC2)N1CC(NCCNC(O)C2[N-]C=CS2)C1. The molecule has 4 rings (SSSR count). The number of carbonyl (C=O) groups excluding carboxylic acids is 1. The molecule has 2 atom stereocenters. The van der Waals surface area contributed by atoms with E-state index in [1.807, 2.05) is 16.4 Å². The van der Waals surface area contributed by atoms with Crippen molar-refractivity contribution >= 4 is 17.7 Å². The zero-order valence-electron chi connectivity index (χ0n) is 15.2. The molecule has 7 nitrogen and oxygen atoms in total. The molecule has 0 aromatic heterocycles. The number of benzene rings is 1. The molecule has 0 saturated carbocycles. The molecule has 1 amide bonds. The second-order valence-electron chi connectivity index (χ2n) is 7.13. The summed E-state index contributed by atoms with van der Waals surface area (Å²) in [6, 6.07) is 6.40. The Morgan fingerprint density at radius 2 is 2.26 bits per heavy atom. The molecule has 0 spiro atoms. The molecule has 8 heteroatoms. The number of nitrogens with zero attached hydrogens (tertiary/aromatic N) is 2. The van der Waals surface area contributed by atoms with Gasteiger partial charge in [-0.3, -0.25) is 10.1 Å². The van der Waals surface area contributed by atoms with Crippen molar-refractivity contribution in [1.82, 2.24) is 20.9 Å². The molecule has 0 bridgehead atoms. The number of fused-ring (bicyclic) bond motifs is 1. The van der Waals surface area contributed by atoms with Gasteiger partial charge in [-0.25, -0.2) is 0 Å². The van der Waals surface area contributed by atoms with Gasteiger partial charge in [0.25, 0.3) is 5.91 Å². The van der Waals surface area contributed by atoms with E-state index >= 15 is 0 Å². The van der Waals surface area contributed by atoms with E-state index in [9.17, 15) is 9.90 Å². The Morgan fingerprint density at radius 3 is 3.07 bits per heavy atom. The Balaban J connectivity index is 1.16. The van der Waals surface area contributed by atoms with Gasteiger partial charge in [0.1, 0.15) is 6.23 Å². The summed E-state index contributed by atoms with van der Waals surface area (Å²) in [5.74, 6) is 0.121. The van der Waals surface area contributed by atoms with Gasteiger partial charge in [0.05, 0.1) is 0 Å². The van der Waals surface area contributed by atoms with E-state index in [-0.39, 0.29) is 11.3 Å². The number of thioether (sulfide) groups is 1. The van der Waals surface area contributed by atoms with E-state index in [1.165, 1.54) is 22.9 Å². The maximum Gasteiger partial charge on any atom is 0.253 e. The lowest BCUT2D eigenvalue weighted by Gasteiger charge is -2.40. The first-order chi connectivity index (χ1) is 13.2. The Kier molecular flexibility index (Phi) is 5.99. The lowest BCUT2D eigenvalue weighted by Crippen LogP contribution is -2.60. The van der Waals surface area contributed by atoms with E-state index in [1.54, 1.807) is 6.20 Å². The highest BCUT2D eigenvalue weighted by molar-refractivity contribution is 8.03. The Bertz CT molecular complexity index is 699. The van der Waals surface area contributed by atoms with Gasteiger partial charge in [-0.15, -0.1) is 11.8 Å². The number of amides is 1. The lowest BCUT2D eigenvalue weighted by molar-refractivity contribution is 0.0566. The van der Waals surface area contributed by atoms with Crippen LogP contribution in [0.3, 0.4) is 0 Å². The Hall–Kier alpha value is -1.58. The molecule has 1 fully saturated rings. The first-order valence-corrected chi connectivity index (χ1v) is 10.4. The van der Waals surface area contributed by atoms with Crippen LogP contribution in [-0.2, 0) is 13.0 Å². The highest BCUT2D eigenvalue weighted by Crippen LogP contribution is 2.27. The molecule has 4 N–H and O–H groups in total. The lowest BCUT2D eigenvalue weighted by atomic mass is 9.97. The maximum absolute atomic E-state index is 12.6. The zero-order chi connectivity index (χ0) is 18.6. The number of nitrogens with one attached hydrogen (secondary N) is 3. The minimum absolute atomic E-state index is 0.121. The van der Waals surface area contributed by atoms with E-state index in [0.717, 1.165) is 44.7 Å². The highest BCUT2D eigenvalue weighted by Gasteiger charge is 2.31. The van der Waals surface area contributed by atoms with E-state index < -0.39 is 6.23 Å². The molecule has 2 unspecified atom stereocenters. The summed E-state index contributed by atoms with van der Waals surface area (Å²) in [5, 5.41) is 25.7. The van der Waals surface area contributed by atoms with Gasteiger partial charge >= 0.3 is 0 Å². The maximum atomic E-state index is 12.6. The second-order valence-corrected chi connectivity index (χ2v) is 8.16. The summed E-state index contributed by atoms with van der Waals surface area (Å²) in [6.07, 6.45) is 2.07. The Labute approximate surface area is 164 Å². The van der Waals surface area contributed by atoms with E-state index in [2.05, 4.69) is 33.4 Å². The molecule has 3 heterocycles. The molecule has 1 aromatic carbocycles. The monoisotopic (exact) mass is 388 g/mol. The van der Waals surface area contributed by atoms with Crippen molar-refractivity contribution in [3.63, 3.8) is 0 Å². The molecule has 3 aliphatic rings. The van der Waals surface area contributed by atoms with Crippen LogP contribution in [0, 0.1) is 0 Å². The van der Waals surface area contributed by atoms with Crippen molar-refractivity contribution in [2.24, 2.45) is 0 Å². The molecule has 1 aromatic rings. The van der Waals surface area contributed by atoms with Crippen LogP contribution in [0.1, 0.15) is 21.5 Å². The van der Waals surface area contributed by atoms with Gasteiger partial charge in [0, 0.05) is 44.3 Å². The summed E-state index contributed by atoms with van der Waals surface area (Å²) in [5.41, 5.74) is 3.39. The first-order valence-electron chi connectivity index (χ1n) is 9.48. The van der Waals surface area contributed by atoms with Crippen LogP contribution < -0.4 is 16.0 Å². The van der Waals surface area contributed by atoms with Gasteiger partial charge in [-0.05, 0) is 41.6 Å². The van der Waals surface area contributed by atoms with Crippen molar-refractivity contribution < 1.29 is 9.90 Å². The number of hydrogen-bond acceptors (Lipinski definition) is 6. The predicted octanol–water partition coefficient (Wildman–Crippen LogP) is 0.572. The number of rotatable bonds is 7. The fraction of sp³-hybridized carbons (Fsp3) is 0.526. The summed E-state index contributed by atoms with van der Waals surface area (Å²) >= 11 is 1.51. The first kappa shape index (κ1) is 18.8. The average Bonchev–Trinajstić information content (AvgIpc) is 3.20. The molecule has 1 saturated heterocycles. The van der Waals surface area contributed by atoms with Gasteiger partial charge in [0.2, 0.25) is 0 Å². The van der Waals surface area contributed by atoms with Crippen molar-refractivity contribution in [1.29, 1.82) is 0 Å². The fourth-order valence-electron chi connectivity index (χ4n) is 3.59. The van der Waals surface area contributed by atoms with Crippen LogP contribution in [0.5, 0.6) is 0 Å². The number of aliphatic hydroxyl groups excluding tert-OH is 1. The molecule has 0 aliphatic carbocycles. The summed E-state index contributed by atoms with van der Waals surface area (Å²) < 4.78 is 0. The molecule has 3 aliphatic heterocycles. The zero-order valence-corrected chi connectivity index (χ0v) is 16.0. The summed E-state index contributed by atoms with van der Waals surface area (Å²) in [6.45, 7) is 4.76. The number of carbonyl (C=O) groups is 1. The van der Waals surface area contributed by atoms with Gasteiger partial charge in [-0.2, -0.15) is 6.20 Å². The number of likely N-dealkylation sites (tertiary alicyclic amines) is 1. The topological polar surface area (TPSA) is 90.7 Å². The smallest absolute Gasteiger partial charge is 0.253 e. The van der Waals surface area contributed by atoms with Crippen LogP contribution in [0.4, 0.5) is 0 Å². The van der Waals surface area contributed by atoms with Crippen LogP contribution in [0.15, 0.2) is 29.8 Å². The van der Waals surface area contributed by atoms with Crippen LogP contribution >= 0.6 is 11.8 Å². The Morgan fingerprint density at radius 1 is 1.37 bits per heavy atom. The summed E-state index contributed by atoms with van der Waals surface area (Å²) in [4.78, 5) is 14.5. The second kappa shape index (κ2) is 8.62. The number of hydrogen-bond donors (Lipinski definition) is 4. The molecule has 0 radical (unpaired) electrons. The van der Waals surface area contributed by atoms with Crippen LogP contribution in [-0.4, -0.2) is 66.3 Å².